The van der Waals surface area contributed by atoms with Crippen LogP contribution >= 0.6 is 0 Å². The highest BCUT2D eigenvalue weighted by Crippen LogP contribution is 2.22. The minimum atomic E-state index is -0.825. The van der Waals surface area contributed by atoms with Crippen molar-refractivity contribution < 1.29 is 23.9 Å². The summed E-state index contributed by atoms with van der Waals surface area (Å²) in [6.07, 6.45) is 81.5. The zero-order valence-electron chi connectivity index (χ0n) is 56.1. The van der Waals surface area contributed by atoms with E-state index in [0.717, 1.165) is 115 Å². The van der Waals surface area contributed by atoms with Gasteiger partial charge in [-0.05, 0) is 115 Å². The summed E-state index contributed by atoms with van der Waals surface area (Å²) in [4.78, 5) is 41.4. The van der Waals surface area contributed by atoms with Crippen LogP contribution in [0.5, 0.6) is 0 Å². The second-order valence-electron chi connectivity index (χ2n) is 26.2. The van der Waals surface area contributed by atoms with Crippen molar-refractivity contribution in [2.75, 3.05) is 0 Å². The molecule has 0 aliphatic rings. The SMILES string of the molecule is CCCCC/C=C\C/C=C\CCCCCCCC(=O)C(CCCCCCCCCCCCCCCCC(C)C)OC(=O)OC(CCCCCCCCCCCCCCCCC(C)C)C(=O)CCCCCCC/C=C\C/C=C\CCCCC. The number of carbonyl (C=O) groups excluding carboxylic acids is 3. The van der Waals surface area contributed by atoms with Crippen molar-refractivity contribution >= 4 is 17.7 Å². The quantitative estimate of drug-likeness (QED) is 0.0345. The van der Waals surface area contributed by atoms with Crippen LogP contribution in [0.2, 0.25) is 0 Å². The highest BCUT2D eigenvalue weighted by Gasteiger charge is 2.28. The van der Waals surface area contributed by atoms with E-state index in [9.17, 15) is 14.4 Å². The highest BCUT2D eigenvalue weighted by molar-refractivity contribution is 5.86. The predicted octanol–water partition coefficient (Wildman–Crippen LogP) is 26.4. The third-order valence-corrected chi connectivity index (χ3v) is 16.9. The molecular weight excluding hydrogens is 1000 g/mol. The molecule has 0 saturated carbocycles. The van der Waals surface area contributed by atoms with E-state index in [1.54, 1.807) is 0 Å². The van der Waals surface area contributed by atoms with E-state index in [1.165, 1.54) is 231 Å². The van der Waals surface area contributed by atoms with Gasteiger partial charge in [-0.1, -0.05) is 334 Å². The fraction of sp³-hybridized carbons (Fsp3) is 0.857. The predicted molar refractivity (Wildman–Crippen MR) is 361 cm³/mol. The maximum absolute atomic E-state index is 13.8. The Hall–Kier alpha value is -2.43. The third kappa shape index (κ3) is 62.1. The molecule has 0 aromatic rings. The fourth-order valence-electron chi connectivity index (χ4n) is 11.4. The number of ether oxygens (including phenoxy) is 2. The summed E-state index contributed by atoms with van der Waals surface area (Å²) in [6.45, 7) is 13.8. The van der Waals surface area contributed by atoms with Crippen LogP contribution in [-0.2, 0) is 19.1 Å². The summed E-state index contributed by atoms with van der Waals surface area (Å²) >= 11 is 0. The molecule has 0 aliphatic heterocycles. The van der Waals surface area contributed by atoms with Crippen molar-refractivity contribution in [2.45, 2.75) is 413 Å². The van der Waals surface area contributed by atoms with Crippen LogP contribution in [0.15, 0.2) is 48.6 Å². The van der Waals surface area contributed by atoms with E-state index in [1.807, 2.05) is 0 Å². The molecule has 0 spiro atoms. The van der Waals surface area contributed by atoms with Crippen LogP contribution in [0.1, 0.15) is 401 Å². The number of hydrogen-bond donors (Lipinski definition) is 0. The number of rotatable bonds is 66. The molecule has 2 unspecified atom stereocenters. The molecule has 0 amide bonds. The van der Waals surface area contributed by atoms with Crippen LogP contribution < -0.4 is 0 Å². The van der Waals surface area contributed by atoms with Gasteiger partial charge >= 0.3 is 6.16 Å². The van der Waals surface area contributed by atoms with E-state index >= 15 is 0 Å². The molecule has 5 nitrogen and oxygen atoms in total. The first-order valence-corrected chi connectivity index (χ1v) is 36.7. The van der Waals surface area contributed by atoms with E-state index in [0.29, 0.717) is 25.7 Å². The van der Waals surface area contributed by atoms with Gasteiger partial charge in [0.2, 0.25) is 0 Å². The average Bonchev–Trinajstić information content (AvgIpc) is 3.49. The Morgan fingerprint density at radius 1 is 0.268 bits per heavy atom. The number of carbonyl (C=O) groups is 3. The first-order valence-electron chi connectivity index (χ1n) is 36.7. The molecule has 0 fully saturated rings. The molecule has 0 bridgehead atoms. The summed E-state index contributed by atoms with van der Waals surface area (Å²) < 4.78 is 12.0. The summed E-state index contributed by atoms with van der Waals surface area (Å²) in [5.41, 5.74) is 0. The maximum Gasteiger partial charge on any atom is 0.509 e. The van der Waals surface area contributed by atoms with Crippen molar-refractivity contribution in [3.63, 3.8) is 0 Å². The van der Waals surface area contributed by atoms with Gasteiger partial charge in [-0.2, -0.15) is 0 Å². The first-order chi connectivity index (χ1) is 40.2. The van der Waals surface area contributed by atoms with E-state index < -0.39 is 18.4 Å². The second kappa shape index (κ2) is 66.1. The normalized spacial score (nSPS) is 12.9. The van der Waals surface area contributed by atoms with Crippen LogP contribution in [0.3, 0.4) is 0 Å². The number of allylic oxidation sites excluding steroid dienone is 8. The van der Waals surface area contributed by atoms with Gasteiger partial charge in [0.1, 0.15) is 0 Å². The Morgan fingerprint density at radius 3 is 0.744 bits per heavy atom. The Balaban J connectivity index is 5.23. The molecule has 82 heavy (non-hydrogen) atoms. The molecule has 2 atom stereocenters. The number of ketones is 2. The maximum atomic E-state index is 13.8. The lowest BCUT2D eigenvalue weighted by molar-refractivity contribution is -0.133. The lowest BCUT2D eigenvalue weighted by atomic mass is 10.00. The number of Topliss-reactive ketones (excluding diaryl/α,β-unsaturated/α-hetero) is 2. The lowest BCUT2D eigenvalue weighted by Gasteiger charge is -2.20. The summed E-state index contributed by atoms with van der Waals surface area (Å²) in [7, 11) is 0. The molecule has 0 aromatic carbocycles. The van der Waals surface area contributed by atoms with Gasteiger partial charge < -0.3 is 9.47 Å². The Labute approximate surface area is 512 Å². The topological polar surface area (TPSA) is 69.7 Å². The molecule has 0 aliphatic carbocycles. The average molecular weight is 1150 g/mol. The summed E-state index contributed by atoms with van der Waals surface area (Å²) in [5, 5.41) is 0. The van der Waals surface area contributed by atoms with Crippen LogP contribution in [0.4, 0.5) is 4.79 Å². The molecule has 0 saturated heterocycles. The minimum Gasteiger partial charge on any atom is -0.423 e. The van der Waals surface area contributed by atoms with Crippen molar-refractivity contribution in [1.29, 1.82) is 0 Å². The molecular formula is C77H142O5. The zero-order chi connectivity index (χ0) is 59.7. The number of unbranched alkanes of at least 4 members (excludes halogenated alkanes) is 42. The van der Waals surface area contributed by atoms with Crippen molar-refractivity contribution in [3.8, 4) is 0 Å². The molecule has 0 radical (unpaired) electrons. The Bertz CT molecular complexity index is 1350. The summed E-state index contributed by atoms with van der Waals surface area (Å²) in [5.74, 6) is 1.70. The molecule has 480 valence electrons. The summed E-state index contributed by atoms with van der Waals surface area (Å²) in [6, 6.07) is 0. The molecule has 0 rings (SSSR count). The smallest absolute Gasteiger partial charge is 0.423 e. The molecule has 0 N–H and O–H groups in total. The minimum absolute atomic E-state index is 0.0127. The number of hydrogen-bond acceptors (Lipinski definition) is 5. The van der Waals surface area contributed by atoms with Crippen LogP contribution in [-0.4, -0.2) is 29.9 Å². The van der Waals surface area contributed by atoms with Gasteiger partial charge in [0.05, 0.1) is 0 Å². The van der Waals surface area contributed by atoms with Gasteiger partial charge in [0.25, 0.3) is 0 Å². The van der Waals surface area contributed by atoms with Gasteiger partial charge in [-0.25, -0.2) is 4.79 Å². The Kier molecular flexibility index (Phi) is 64.1. The van der Waals surface area contributed by atoms with Crippen LogP contribution in [0.25, 0.3) is 0 Å². The van der Waals surface area contributed by atoms with E-state index in [2.05, 4.69) is 90.2 Å². The van der Waals surface area contributed by atoms with E-state index in [-0.39, 0.29) is 11.6 Å². The molecule has 5 heteroatoms. The second-order valence-corrected chi connectivity index (χ2v) is 26.2. The monoisotopic (exact) mass is 1150 g/mol. The van der Waals surface area contributed by atoms with Crippen molar-refractivity contribution in [2.24, 2.45) is 11.8 Å². The standard InChI is InChI=1S/C77H142O5/c1-7-9-11-13-15-17-19-21-23-31-37-43-49-55-61-67-73(78)75(69-63-57-51-45-39-33-27-25-29-35-41-47-53-59-65-71(3)4)81-77(80)82-76(70-64-58-52-46-40-34-28-26-30-36-42-48-54-60-66-72(5)6)74(79)68-62-56-50-44-38-32-24-22-20-18-16-14-12-10-8-2/h15-18,21-24,71-72,75-76H,7-14,19-20,25-70H2,1-6H3/b17-15-,18-16-,23-21-,24-22-. The first kappa shape index (κ1) is 79.6. The molecule has 0 aromatic heterocycles. The van der Waals surface area contributed by atoms with Gasteiger partial charge in [0.15, 0.2) is 23.8 Å². The van der Waals surface area contributed by atoms with Crippen molar-refractivity contribution in [3.05, 3.63) is 48.6 Å². The van der Waals surface area contributed by atoms with Gasteiger partial charge in [-0.3, -0.25) is 9.59 Å². The third-order valence-electron chi connectivity index (χ3n) is 16.9. The van der Waals surface area contributed by atoms with Crippen LogP contribution in [0, 0.1) is 11.8 Å². The molecule has 0 heterocycles. The fourth-order valence-corrected chi connectivity index (χ4v) is 11.4. The van der Waals surface area contributed by atoms with Gasteiger partial charge in [0, 0.05) is 12.8 Å². The lowest BCUT2D eigenvalue weighted by Crippen LogP contribution is -2.32. The van der Waals surface area contributed by atoms with Crippen molar-refractivity contribution in [1.82, 2.24) is 0 Å². The van der Waals surface area contributed by atoms with E-state index in [4.69, 9.17) is 9.47 Å². The zero-order valence-corrected chi connectivity index (χ0v) is 56.1. The Morgan fingerprint density at radius 2 is 0.488 bits per heavy atom. The van der Waals surface area contributed by atoms with Gasteiger partial charge in [-0.15, -0.1) is 0 Å². The highest BCUT2D eigenvalue weighted by atomic mass is 16.7. The largest absolute Gasteiger partial charge is 0.509 e.